The average Bonchev–Trinajstić information content (AvgIpc) is 2.46. The number of ketones is 1. The number of nitrogens with zero attached hydrogens (tertiary/aromatic N) is 2. The molecule has 1 N–H and O–H groups in total. The van der Waals surface area contributed by atoms with Gasteiger partial charge in [0.25, 0.3) is 0 Å². The second kappa shape index (κ2) is 3.41. The van der Waals surface area contributed by atoms with Gasteiger partial charge in [-0.3, -0.25) is 10.2 Å². The monoisotopic (exact) mass is 223 g/mol. The number of aromatic nitrogens is 1. The molecule has 15 heavy (non-hydrogen) atoms. The molecule has 0 amide bonds. The van der Waals surface area contributed by atoms with Crippen molar-refractivity contribution in [3.8, 4) is 0 Å². The van der Waals surface area contributed by atoms with Crippen molar-refractivity contribution in [1.82, 2.24) is 4.98 Å². The molecule has 1 aromatic rings. The smallest absolute Gasteiger partial charge is 0.204 e. The predicted octanol–water partition coefficient (Wildman–Crippen LogP) is 2.33. The van der Waals surface area contributed by atoms with Crippen molar-refractivity contribution in [1.29, 1.82) is 0 Å². The van der Waals surface area contributed by atoms with E-state index in [0.29, 0.717) is 11.6 Å². The fourth-order valence-corrected chi connectivity index (χ4v) is 2.72. The van der Waals surface area contributed by atoms with Gasteiger partial charge in [0.05, 0.1) is 10.6 Å². The minimum absolute atomic E-state index is 0.0248. The van der Waals surface area contributed by atoms with Crippen LogP contribution in [0.2, 0.25) is 0 Å². The van der Waals surface area contributed by atoms with E-state index in [2.05, 4.69) is 36.1 Å². The van der Waals surface area contributed by atoms with Crippen LogP contribution in [0.4, 0.5) is 5.13 Å². The average molecular weight is 223 g/mol. The molecule has 0 saturated heterocycles. The first-order valence-electron chi connectivity index (χ1n) is 4.76. The van der Waals surface area contributed by atoms with Crippen LogP contribution in [0.25, 0.3) is 0 Å². The molecular formula is C10H13N3OS. The van der Waals surface area contributed by atoms with Gasteiger partial charge in [0.2, 0.25) is 5.13 Å². The van der Waals surface area contributed by atoms with Crippen LogP contribution >= 0.6 is 11.3 Å². The number of Topliss-reactive ketones (excluding diaryl/α,β-unsaturated/α-hetero) is 1. The molecule has 80 valence electrons. The maximum atomic E-state index is 11.8. The summed E-state index contributed by atoms with van der Waals surface area (Å²) in [6.45, 7) is 7.51. The quantitative estimate of drug-likeness (QED) is 0.618. The molecule has 0 atom stereocenters. The van der Waals surface area contributed by atoms with E-state index in [4.69, 9.17) is 0 Å². The van der Waals surface area contributed by atoms with Crippen molar-refractivity contribution >= 4 is 29.0 Å². The third kappa shape index (κ3) is 1.92. The fraction of sp³-hybridized carbons (Fsp3) is 0.500. The Morgan fingerprint density at radius 1 is 1.53 bits per heavy atom. The maximum absolute atomic E-state index is 11.8. The first-order valence-corrected chi connectivity index (χ1v) is 5.58. The Morgan fingerprint density at radius 2 is 2.27 bits per heavy atom. The minimum Gasteiger partial charge on any atom is -0.293 e. The van der Waals surface area contributed by atoms with Crippen LogP contribution in [0, 0.1) is 5.41 Å². The highest BCUT2D eigenvalue weighted by Crippen LogP contribution is 2.38. The van der Waals surface area contributed by atoms with Crippen molar-refractivity contribution in [2.24, 2.45) is 10.5 Å². The molecule has 0 aromatic carbocycles. The largest absolute Gasteiger partial charge is 0.293 e. The topological polar surface area (TPSA) is 54.4 Å². The number of carbonyl (C=O) groups is 1. The zero-order valence-electron chi connectivity index (χ0n) is 8.83. The molecule has 4 nitrogen and oxygen atoms in total. The van der Waals surface area contributed by atoms with Gasteiger partial charge in [0.1, 0.15) is 0 Å². The molecule has 0 unspecified atom stereocenters. The lowest BCUT2D eigenvalue weighted by Crippen LogP contribution is -2.25. The van der Waals surface area contributed by atoms with Crippen LogP contribution in [-0.2, 0) is 6.42 Å². The van der Waals surface area contributed by atoms with Gasteiger partial charge < -0.3 is 0 Å². The fourth-order valence-electron chi connectivity index (χ4n) is 1.84. The molecule has 0 fully saturated rings. The van der Waals surface area contributed by atoms with Gasteiger partial charge in [0, 0.05) is 13.1 Å². The van der Waals surface area contributed by atoms with E-state index in [1.807, 2.05) is 0 Å². The number of fused-ring (bicyclic) bond motifs is 1. The van der Waals surface area contributed by atoms with E-state index >= 15 is 0 Å². The molecule has 0 aliphatic heterocycles. The molecule has 1 heterocycles. The number of hydrazone groups is 1. The predicted molar refractivity (Wildman–Crippen MR) is 61.7 cm³/mol. The number of nitrogens with one attached hydrogen (secondary N) is 1. The van der Waals surface area contributed by atoms with E-state index < -0.39 is 0 Å². The molecule has 5 heteroatoms. The van der Waals surface area contributed by atoms with Gasteiger partial charge >= 0.3 is 0 Å². The number of thiazole rings is 1. The first-order chi connectivity index (χ1) is 7.02. The van der Waals surface area contributed by atoms with E-state index in [9.17, 15) is 4.79 Å². The Hall–Kier alpha value is -1.23. The van der Waals surface area contributed by atoms with Gasteiger partial charge in [0.15, 0.2) is 5.78 Å². The summed E-state index contributed by atoms with van der Waals surface area (Å²) in [5.41, 5.74) is 3.60. The number of carbonyl (C=O) groups excluding carboxylic acids is 1. The summed E-state index contributed by atoms with van der Waals surface area (Å²) in [5.74, 6) is 0.191. The Morgan fingerprint density at radius 3 is 2.93 bits per heavy atom. The van der Waals surface area contributed by atoms with E-state index in [0.717, 1.165) is 17.0 Å². The number of hydrogen-bond acceptors (Lipinski definition) is 5. The highest BCUT2D eigenvalue weighted by Gasteiger charge is 2.33. The summed E-state index contributed by atoms with van der Waals surface area (Å²) >= 11 is 1.36. The van der Waals surface area contributed by atoms with Crippen LogP contribution in [0.3, 0.4) is 0 Å². The van der Waals surface area contributed by atoms with Crippen LogP contribution in [0.5, 0.6) is 0 Å². The van der Waals surface area contributed by atoms with Crippen molar-refractivity contribution in [2.45, 2.75) is 26.7 Å². The highest BCUT2D eigenvalue weighted by molar-refractivity contribution is 7.17. The summed E-state index contributed by atoms with van der Waals surface area (Å²) in [6, 6.07) is 0. The molecule has 2 rings (SSSR count). The normalized spacial score (nSPS) is 18.4. The maximum Gasteiger partial charge on any atom is 0.204 e. The molecule has 0 saturated carbocycles. The SMILES string of the molecule is C=NNc1nc2c(s1)C(=O)CC(C)(C)C2. The lowest BCUT2D eigenvalue weighted by atomic mass is 9.78. The van der Waals surface area contributed by atoms with Gasteiger partial charge in [-0.15, -0.1) is 0 Å². The first kappa shape index (κ1) is 10.3. The van der Waals surface area contributed by atoms with E-state index in [-0.39, 0.29) is 11.2 Å². The third-order valence-electron chi connectivity index (χ3n) is 2.41. The summed E-state index contributed by atoms with van der Waals surface area (Å²) in [4.78, 5) is 16.9. The second-order valence-electron chi connectivity index (χ2n) is 4.51. The van der Waals surface area contributed by atoms with Crippen LogP contribution < -0.4 is 5.43 Å². The van der Waals surface area contributed by atoms with Crippen LogP contribution in [-0.4, -0.2) is 17.5 Å². The molecule has 1 aliphatic carbocycles. The highest BCUT2D eigenvalue weighted by atomic mass is 32.1. The van der Waals surface area contributed by atoms with Crippen molar-refractivity contribution < 1.29 is 4.79 Å². The Balaban J connectivity index is 2.38. The third-order valence-corrected chi connectivity index (χ3v) is 3.45. The molecule has 1 aliphatic rings. The lowest BCUT2D eigenvalue weighted by Gasteiger charge is -2.26. The molecule has 0 radical (unpaired) electrons. The zero-order chi connectivity index (χ0) is 11.1. The second-order valence-corrected chi connectivity index (χ2v) is 5.50. The minimum atomic E-state index is 0.0248. The molecule has 0 bridgehead atoms. The molecular weight excluding hydrogens is 210 g/mol. The summed E-state index contributed by atoms with van der Waals surface area (Å²) in [7, 11) is 0. The number of hydrogen-bond donors (Lipinski definition) is 1. The summed E-state index contributed by atoms with van der Waals surface area (Å²) < 4.78 is 0. The molecule has 1 aromatic heterocycles. The van der Waals surface area contributed by atoms with Gasteiger partial charge in [-0.2, -0.15) is 5.10 Å². The van der Waals surface area contributed by atoms with Crippen LogP contribution in [0.15, 0.2) is 5.10 Å². The Labute approximate surface area is 92.4 Å². The van der Waals surface area contributed by atoms with Crippen LogP contribution in [0.1, 0.15) is 35.6 Å². The van der Waals surface area contributed by atoms with E-state index in [1.165, 1.54) is 11.3 Å². The molecule has 0 spiro atoms. The summed E-state index contributed by atoms with van der Waals surface area (Å²) in [5, 5.41) is 4.20. The Kier molecular flexibility index (Phi) is 2.34. The van der Waals surface area contributed by atoms with Crippen molar-refractivity contribution in [3.05, 3.63) is 10.6 Å². The standard InChI is InChI=1S/C10H13N3OS/c1-10(2)4-6-8(7(14)5-10)15-9(12-6)13-11-3/h3-5H2,1-2H3,(H,12,13). The van der Waals surface area contributed by atoms with E-state index in [1.54, 1.807) is 0 Å². The van der Waals surface area contributed by atoms with Gasteiger partial charge in [-0.25, -0.2) is 4.98 Å². The number of anilines is 1. The zero-order valence-corrected chi connectivity index (χ0v) is 9.65. The van der Waals surface area contributed by atoms with Crippen molar-refractivity contribution in [2.75, 3.05) is 5.43 Å². The Bertz CT molecular complexity index is 422. The van der Waals surface area contributed by atoms with Gasteiger partial charge in [-0.1, -0.05) is 25.2 Å². The lowest BCUT2D eigenvalue weighted by molar-refractivity contribution is 0.0916. The number of rotatable bonds is 2. The van der Waals surface area contributed by atoms with Gasteiger partial charge in [-0.05, 0) is 11.8 Å². The summed E-state index contributed by atoms with van der Waals surface area (Å²) in [6.07, 6.45) is 1.45. The van der Waals surface area contributed by atoms with Crippen molar-refractivity contribution in [3.63, 3.8) is 0 Å².